The highest BCUT2D eigenvalue weighted by atomic mass is 16.5. The van der Waals surface area contributed by atoms with Gasteiger partial charge in [-0.1, -0.05) is 42.5 Å². The van der Waals surface area contributed by atoms with Gasteiger partial charge in [0, 0.05) is 39.1 Å². The van der Waals surface area contributed by atoms with Crippen LogP contribution in [0.4, 0.5) is 11.4 Å². The molecule has 0 saturated carbocycles. The minimum atomic E-state index is 0.287. The van der Waals surface area contributed by atoms with Crippen molar-refractivity contribution in [3.63, 3.8) is 0 Å². The molecule has 1 aliphatic heterocycles. The van der Waals surface area contributed by atoms with Gasteiger partial charge in [-0.25, -0.2) is 0 Å². The van der Waals surface area contributed by atoms with Crippen molar-refractivity contribution in [3.8, 4) is 11.1 Å². The van der Waals surface area contributed by atoms with E-state index in [4.69, 9.17) is 9.73 Å². The van der Waals surface area contributed by atoms with E-state index in [9.17, 15) is 0 Å². The Balaban J connectivity index is 1.47. The number of ether oxygens (including phenoxy) is 1. The van der Waals surface area contributed by atoms with Crippen molar-refractivity contribution >= 4 is 17.6 Å². The fourth-order valence-corrected chi connectivity index (χ4v) is 4.49. The summed E-state index contributed by atoms with van der Waals surface area (Å²) in [5.74, 6) is 0. The molecule has 1 unspecified atom stereocenters. The molecule has 3 aromatic rings. The van der Waals surface area contributed by atoms with Crippen LogP contribution in [0, 0.1) is 0 Å². The first kappa shape index (κ1) is 19.0. The van der Waals surface area contributed by atoms with E-state index in [0.29, 0.717) is 0 Å². The molecule has 1 saturated heterocycles. The highest BCUT2D eigenvalue weighted by molar-refractivity contribution is 5.84. The number of nitrogens with zero attached hydrogens (tertiary/aromatic N) is 3. The van der Waals surface area contributed by atoms with E-state index in [2.05, 4.69) is 90.6 Å². The van der Waals surface area contributed by atoms with Gasteiger partial charge in [-0.15, -0.1) is 0 Å². The molecule has 0 aromatic heterocycles. The third kappa shape index (κ3) is 3.53. The Morgan fingerprint density at radius 2 is 1.63 bits per heavy atom. The average Bonchev–Trinajstić information content (AvgIpc) is 3.12. The third-order valence-electron chi connectivity index (χ3n) is 6.06. The van der Waals surface area contributed by atoms with Crippen LogP contribution in [0.15, 0.2) is 71.7 Å². The van der Waals surface area contributed by atoms with Gasteiger partial charge in [0.1, 0.15) is 0 Å². The zero-order chi connectivity index (χ0) is 20.5. The number of morpholine rings is 1. The van der Waals surface area contributed by atoms with Crippen molar-refractivity contribution in [1.29, 1.82) is 0 Å². The summed E-state index contributed by atoms with van der Waals surface area (Å²) in [7, 11) is 4.10. The second kappa shape index (κ2) is 8.05. The van der Waals surface area contributed by atoms with Gasteiger partial charge in [0.25, 0.3) is 0 Å². The van der Waals surface area contributed by atoms with Crippen molar-refractivity contribution < 1.29 is 4.74 Å². The second-order valence-electron chi connectivity index (χ2n) is 8.15. The van der Waals surface area contributed by atoms with Gasteiger partial charge in [-0.2, -0.15) is 0 Å². The highest BCUT2D eigenvalue weighted by Gasteiger charge is 2.33. The van der Waals surface area contributed by atoms with Crippen LogP contribution in [0.25, 0.3) is 11.1 Å². The Kier molecular flexibility index (Phi) is 5.11. The van der Waals surface area contributed by atoms with Crippen LogP contribution in [0.3, 0.4) is 0 Å². The van der Waals surface area contributed by atoms with Gasteiger partial charge in [-0.3, -0.25) is 9.89 Å². The number of fused-ring (bicyclic) bond motifs is 3. The Hall–Kier alpha value is -2.95. The monoisotopic (exact) mass is 397 g/mol. The smallest absolute Gasteiger partial charge is 0.0633 e. The summed E-state index contributed by atoms with van der Waals surface area (Å²) < 4.78 is 5.60. The van der Waals surface area contributed by atoms with Gasteiger partial charge < -0.3 is 9.64 Å². The predicted molar refractivity (Wildman–Crippen MR) is 124 cm³/mol. The van der Waals surface area contributed by atoms with Crippen molar-refractivity contribution in [2.24, 2.45) is 4.99 Å². The molecular weight excluding hydrogens is 370 g/mol. The van der Waals surface area contributed by atoms with E-state index in [1.807, 2.05) is 6.21 Å². The maximum Gasteiger partial charge on any atom is 0.0633 e. The van der Waals surface area contributed by atoms with Crippen molar-refractivity contribution in [3.05, 3.63) is 83.4 Å². The van der Waals surface area contributed by atoms with Crippen LogP contribution in [0.5, 0.6) is 0 Å². The van der Waals surface area contributed by atoms with Gasteiger partial charge in [0.15, 0.2) is 0 Å². The molecule has 0 amide bonds. The van der Waals surface area contributed by atoms with E-state index >= 15 is 0 Å². The lowest BCUT2D eigenvalue weighted by Gasteiger charge is -2.33. The number of benzene rings is 3. The maximum atomic E-state index is 5.60. The van der Waals surface area contributed by atoms with Crippen LogP contribution in [0.1, 0.15) is 22.7 Å². The summed E-state index contributed by atoms with van der Waals surface area (Å²) in [6.07, 6.45) is 1.95. The van der Waals surface area contributed by atoms with Gasteiger partial charge in [-0.05, 0) is 52.1 Å². The third-order valence-corrected chi connectivity index (χ3v) is 6.06. The molecule has 0 radical (unpaired) electrons. The van der Waals surface area contributed by atoms with Crippen LogP contribution in [-0.2, 0) is 4.74 Å². The fourth-order valence-electron chi connectivity index (χ4n) is 4.49. The molecule has 0 spiro atoms. The Bertz CT molecular complexity index is 1070. The first-order valence-corrected chi connectivity index (χ1v) is 10.6. The van der Waals surface area contributed by atoms with Gasteiger partial charge >= 0.3 is 0 Å². The topological polar surface area (TPSA) is 28.1 Å². The van der Waals surface area contributed by atoms with Crippen LogP contribution >= 0.6 is 0 Å². The summed E-state index contributed by atoms with van der Waals surface area (Å²) in [5, 5.41) is 0. The van der Waals surface area contributed by atoms with Crippen LogP contribution in [-0.4, -0.2) is 51.5 Å². The van der Waals surface area contributed by atoms with Gasteiger partial charge in [0.2, 0.25) is 0 Å². The summed E-state index contributed by atoms with van der Waals surface area (Å²) in [6, 6.07) is 24.2. The molecule has 1 heterocycles. The Morgan fingerprint density at radius 1 is 0.900 bits per heavy atom. The first-order chi connectivity index (χ1) is 14.7. The number of anilines is 1. The molecule has 1 atom stereocenters. The molecule has 3 aromatic carbocycles. The highest BCUT2D eigenvalue weighted by Crippen LogP contribution is 2.47. The molecule has 2 aliphatic rings. The van der Waals surface area contributed by atoms with Crippen molar-refractivity contribution in [2.75, 3.05) is 45.3 Å². The summed E-state index contributed by atoms with van der Waals surface area (Å²) >= 11 is 0. The van der Waals surface area contributed by atoms with E-state index in [1.165, 1.54) is 27.9 Å². The van der Waals surface area contributed by atoms with Gasteiger partial charge in [0.05, 0.1) is 24.9 Å². The molecule has 5 rings (SSSR count). The molecule has 1 aliphatic carbocycles. The SMILES string of the molecule is CN(C)c1ccc(C=Nc2ccc3c(c2)C(N2CCOCC2)c2ccccc2-3)cc1. The number of rotatable bonds is 4. The molecule has 1 fully saturated rings. The molecule has 30 heavy (non-hydrogen) atoms. The largest absolute Gasteiger partial charge is 0.379 e. The summed E-state index contributed by atoms with van der Waals surface area (Å²) in [4.78, 5) is 9.43. The minimum Gasteiger partial charge on any atom is -0.379 e. The number of hydrogen-bond donors (Lipinski definition) is 0. The summed E-state index contributed by atoms with van der Waals surface area (Å²) in [6.45, 7) is 3.53. The minimum absolute atomic E-state index is 0.287. The number of hydrogen-bond acceptors (Lipinski definition) is 4. The molecule has 152 valence electrons. The molecule has 0 N–H and O–H groups in total. The molecular formula is C26H27N3O. The first-order valence-electron chi connectivity index (χ1n) is 10.6. The lowest BCUT2D eigenvalue weighted by molar-refractivity contribution is 0.0247. The molecule has 4 heteroatoms. The normalized spacial score (nSPS) is 18.4. The number of aliphatic imine (C=N–C) groups is 1. The molecule has 0 bridgehead atoms. The van der Waals surface area contributed by atoms with E-state index < -0.39 is 0 Å². The van der Waals surface area contributed by atoms with Crippen LogP contribution < -0.4 is 4.90 Å². The fraction of sp³-hybridized carbons (Fsp3) is 0.269. The molecule has 4 nitrogen and oxygen atoms in total. The van der Waals surface area contributed by atoms with Crippen LogP contribution in [0.2, 0.25) is 0 Å². The lowest BCUT2D eigenvalue weighted by Crippen LogP contribution is -2.38. The van der Waals surface area contributed by atoms with E-state index in [0.717, 1.165) is 37.6 Å². The van der Waals surface area contributed by atoms with E-state index in [1.54, 1.807) is 0 Å². The zero-order valence-corrected chi connectivity index (χ0v) is 17.6. The van der Waals surface area contributed by atoms with Crippen molar-refractivity contribution in [1.82, 2.24) is 4.90 Å². The van der Waals surface area contributed by atoms with Crippen molar-refractivity contribution in [2.45, 2.75) is 6.04 Å². The predicted octanol–water partition coefficient (Wildman–Crippen LogP) is 4.91. The Labute approximate surface area is 178 Å². The quantitative estimate of drug-likeness (QED) is 0.586. The second-order valence-corrected chi connectivity index (χ2v) is 8.15. The maximum absolute atomic E-state index is 5.60. The van der Waals surface area contributed by atoms with E-state index in [-0.39, 0.29) is 6.04 Å². The average molecular weight is 398 g/mol. The lowest BCUT2D eigenvalue weighted by atomic mass is 10.0. The Morgan fingerprint density at radius 3 is 2.40 bits per heavy atom. The summed E-state index contributed by atoms with van der Waals surface area (Å²) in [5.41, 5.74) is 8.72. The zero-order valence-electron chi connectivity index (χ0n) is 17.6. The standard InChI is InChI=1S/C26H27N3O/c1-28(2)21-10-7-19(8-11-21)18-27-20-9-12-23-22-5-3-4-6-24(22)26(25(23)17-20)29-13-15-30-16-14-29/h3-12,17-18,26H,13-16H2,1-2H3.